The van der Waals surface area contributed by atoms with Gasteiger partial charge in [-0.2, -0.15) is 5.26 Å². The summed E-state index contributed by atoms with van der Waals surface area (Å²) in [6, 6.07) is 7.68. The third kappa shape index (κ3) is 6.59. The summed E-state index contributed by atoms with van der Waals surface area (Å²) in [6.07, 6.45) is 1.49. The van der Waals surface area contributed by atoms with E-state index in [4.69, 9.17) is 5.26 Å². The molecule has 2 N–H and O–H groups in total. The number of rotatable bonds is 8. The Kier molecular flexibility index (Phi) is 8.66. The normalized spacial score (nSPS) is 11.2. The fraction of sp³-hybridized carbons (Fsp3) is 0.412. The minimum Gasteiger partial charge on any atom is -0.388 e. The first kappa shape index (κ1) is 19.5. The molecule has 0 atom stereocenters. The lowest BCUT2D eigenvalue weighted by atomic mass is 10.2. The van der Waals surface area contributed by atoms with Gasteiger partial charge in [0.2, 0.25) is 0 Å². The summed E-state index contributed by atoms with van der Waals surface area (Å²) >= 11 is 2.22. The molecule has 1 amide bonds. The molecule has 124 valence electrons. The Morgan fingerprint density at radius 1 is 1.39 bits per heavy atom. The van der Waals surface area contributed by atoms with E-state index < -0.39 is 5.91 Å². The molecule has 1 aromatic rings. The molecular formula is C17H23IN4O. The Balaban J connectivity index is 2.61. The van der Waals surface area contributed by atoms with Gasteiger partial charge in [-0.3, -0.25) is 4.79 Å². The summed E-state index contributed by atoms with van der Waals surface area (Å²) in [5.41, 5.74) is 1.76. The molecule has 0 aliphatic rings. The molecule has 0 radical (unpaired) electrons. The Labute approximate surface area is 151 Å². The molecule has 0 fully saturated rings. The van der Waals surface area contributed by atoms with Gasteiger partial charge in [-0.15, -0.1) is 0 Å². The number of nitriles is 1. The largest absolute Gasteiger partial charge is 0.388 e. The molecule has 0 aromatic heterocycles. The molecule has 0 spiro atoms. The van der Waals surface area contributed by atoms with Crippen LogP contribution >= 0.6 is 22.6 Å². The maximum atomic E-state index is 12.2. The number of aryl methyl sites for hydroxylation is 1. The van der Waals surface area contributed by atoms with Gasteiger partial charge in [0.15, 0.2) is 0 Å². The number of anilines is 1. The second-order valence-electron chi connectivity index (χ2n) is 5.06. The van der Waals surface area contributed by atoms with Crippen molar-refractivity contribution in [2.45, 2.75) is 20.8 Å². The summed E-state index contributed by atoms with van der Waals surface area (Å²) in [6.45, 7) is 9.69. The quantitative estimate of drug-likeness (QED) is 0.290. The minimum absolute atomic E-state index is 0.0718. The van der Waals surface area contributed by atoms with E-state index >= 15 is 0 Å². The van der Waals surface area contributed by atoms with Crippen molar-refractivity contribution in [1.29, 1.82) is 5.26 Å². The van der Waals surface area contributed by atoms with Crippen molar-refractivity contribution in [3.8, 4) is 6.07 Å². The standard InChI is InChI=1S/C17H23IN4O/c1-4-22(5-2)9-8-20-12-14(11-19)17(23)21-16-7-6-15(18)10-13(16)3/h6-7,10,12,20H,4-5,8-9H2,1-3H3,(H,21,23)/b14-12-. The smallest absolute Gasteiger partial charge is 0.267 e. The summed E-state index contributed by atoms with van der Waals surface area (Å²) < 4.78 is 1.10. The van der Waals surface area contributed by atoms with E-state index in [2.05, 4.69) is 52.0 Å². The third-order valence-corrected chi connectivity index (χ3v) is 4.19. The summed E-state index contributed by atoms with van der Waals surface area (Å²) in [4.78, 5) is 14.4. The van der Waals surface area contributed by atoms with E-state index in [1.807, 2.05) is 31.2 Å². The van der Waals surface area contributed by atoms with Gasteiger partial charge in [-0.05, 0) is 66.4 Å². The van der Waals surface area contributed by atoms with Gasteiger partial charge in [-0.1, -0.05) is 13.8 Å². The van der Waals surface area contributed by atoms with Crippen molar-refractivity contribution in [1.82, 2.24) is 10.2 Å². The highest BCUT2D eigenvalue weighted by molar-refractivity contribution is 14.1. The zero-order valence-corrected chi connectivity index (χ0v) is 16.0. The van der Waals surface area contributed by atoms with Crippen LogP contribution in [0.15, 0.2) is 30.0 Å². The highest BCUT2D eigenvalue weighted by atomic mass is 127. The zero-order chi connectivity index (χ0) is 17.2. The number of nitrogens with zero attached hydrogens (tertiary/aromatic N) is 2. The second kappa shape index (κ2) is 10.2. The van der Waals surface area contributed by atoms with Crippen LogP contribution in [0.5, 0.6) is 0 Å². The average Bonchev–Trinajstić information content (AvgIpc) is 2.53. The van der Waals surface area contributed by atoms with Gasteiger partial charge in [0.1, 0.15) is 11.6 Å². The van der Waals surface area contributed by atoms with Crippen LogP contribution in [0, 0.1) is 21.8 Å². The number of carbonyl (C=O) groups excluding carboxylic acids is 1. The topological polar surface area (TPSA) is 68.2 Å². The lowest BCUT2D eigenvalue weighted by Gasteiger charge is -2.17. The lowest BCUT2D eigenvalue weighted by molar-refractivity contribution is -0.112. The van der Waals surface area contributed by atoms with Crippen LogP contribution in [0.4, 0.5) is 5.69 Å². The van der Waals surface area contributed by atoms with Gasteiger partial charge < -0.3 is 15.5 Å². The van der Waals surface area contributed by atoms with Gasteiger partial charge in [0, 0.05) is 28.5 Å². The number of carbonyl (C=O) groups is 1. The number of benzene rings is 1. The van der Waals surface area contributed by atoms with Crippen molar-refractivity contribution >= 4 is 34.2 Å². The summed E-state index contributed by atoms with van der Waals surface area (Å²) in [5.74, 6) is -0.396. The number of likely N-dealkylation sites (N-methyl/N-ethyl adjacent to an activating group) is 1. The molecular weight excluding hydrogens is 403 g/mol. The molecule has 0 unspecified atom stereocenters. The molecule has 0 saturated carbocycles. The van der Waals surface area contributed by atoms with E-state index in [1.165, 1.54) is 6.20 Å². The Morgan fingerprint density at radius 3 is 2.65 bits per heavy atom. The van der Waals surface area contributed by atoms with E-state index in [9.17, 15) is 4.79 Å². The van der Waals surface area contributed by atoms with Crippen molar-refractivity contribution in [3.63, 3.8) is 0 Å². The molecule has 0 aliphatic carbocycles. The zero-order valence-electron chi connectivity index (χ0n) is 13.8. The van der Waals surface area contributed by atoms with Crippen LogP contribution in [-0.2, 0) is 4.79 Å². The average molecular weight is 426 g/mol. The van der Waals surface area contributed by atoms with Crippen LogP contribution in [-0.4, -0.2) is 37.0 Å². The highest BCUT2D eigenvalue weighted by Gasteiger charge is 2.10. The van der Waals surface area contributed by atoms with Crippen molar-refractivity contribution in [2.24, 2.45) is 0 Å². The number of nitrogens with one attached hydrogen (secondary N) is 2. The van der Waals surface area contributed by atoms with Crippen molar-refractivity contribution in [2.75, 3.05) is 31.5 Å². The molecule has 6 heteroatoms. The van der Waals surface area contributed by atoms with Crippen LogP contribution < -0.4 is 10.6 Å². The lowest BCUT2D eigenvalue weighted by Crippen LogP contribution is -2.30. The first-order valence-corrected chi connectivity index (χ1v) is 8.73. The Morgan fingerprint density at radius 2 is 2.09 bits per heavy atom. The fourth-order valence-electron chi connectivity index (χ4n) is 2.04. The monoisotopic (exact) mass is 426 g/mol. The van der Waals surface area contributed by atoms with E-state index in [0.717, 1.165) is 34.5 Å². The van der Waals surface area contributed by atoms with Crippen LogP contribution in [0.3, 0.4) is 0 Å². The molecule has 0 bridgehead atoms. The van der Waals surface area contributed by atoms with Gasteiger partial charge in [-0.25, -0.2) is 0 Å². The third-order valence-electron chi connectivity index (χ3n) is 3.51. The first-order chi connectivity index (χ1) is 11.0. The molecule has 0 saturated heterocycles. The molecule has 0 heterocycles. The maximum absolute atomic E-state index is 12.2. The molecule has 5 nitrogen and oxygen atoms in total. The maximum Gasteiger partial charge on any atom is 0.267 e. The summed E-state index contributed by atoms with van der Waals surface area (Å²) in [7, 11) is 0. The molecule has 23 heavy (non-hydrogen) atoms. The molecule has 0 aliphatic heterocycles. The SMILES string of the molecule is CCN(CC)CCN/C=C(/C#N)C(=O)Nc1ccc(I)cc1C. The summed E-state index contributed by atoms with van der Waals surface area (Å²) in [5, 5.41) is 15.0. The molecule has 1 aromatic carbocycles. The first-order valence-electron chi connectivity index (χ1n) is 7.65. The van der Waals surface area contributed by atoms with Crippen LogP contribution in [0.25, 0.3) is 0 Å². The van der Waals surface area contributed by atoms with Gasteiger partial charge in [0.05, 0.1) is 0 Å². The van der Waals surface area contributed by atoms with Crippen molar-refractivity contribution in [3.05, 3.63) is 39.1 Å². The Bertz CT molecular complexity index is 603. The number of hydrogen-bond acceptors (Lipinski definition) is 4. The number of hydrogen-bond donors (Lipinski definition) is 2. The van der Waals surface area contributed by atoms with Crippen LogP contribution in [0.2, 0.25) is 0 Å². The fourth-order valence-corrected chi connectivity index (χ4v) is 2.69. The highest BCUT2D eigenvalue weighted by Crippen LogP contribution is 2.18. The van der Waals surface area contributed by atoms with E-state index in [-0.39, 0.29) is 5.57 Å². The molecule has 1 rings (SSSR count). The number of halogens is 1. The predicted molar refractivity (Wildman–Crippen MR) is 102 cm³/mol. The van der Waals surface area contributed by atoms with Crippen molar-refractivity contribution < 1.29 is 4.79 Å². The second-order valence-corrected chi connectivity index (χ2v) is 6.31. The van der Waals surface area contributed by atoms with E-state index in [1.54, 1.807) is 0 Å². The van der Waals surface area contributed by atoms with Gasteiger partial charge >= 0.3 is 0 Å². The van der Waals surface area contributed by atoms with E-state index in [0.29, 0.717) is 6.54 Å². The Hall–Kier alpha value is -1.59. The number of amides is 1. The van der Waals surface area contributed by atoms with Gasteiger partial charge in [0.25, 0.3) is 5.91 Å². The predicted octanol–water partition coefficient (Wildman–Crippen LogP) is 2.88. The van der Waals surface area contributed by atoms with Crippen LogP contribution in [0.1, 0.15) is 19.4 Å². The minimum atomic E-state index is -0.396.